The van der Waals surface area contributed by atoms with Crippen molar-refractivity contribution in [3.8, 4) is 22.8 Å². The van der Waals surface area contributed by atoms with Crippen LogP contribution in [-0.2, 0) is 20.8 Å². The lowest BCUT2D eigenvalue weighted by Crippen LogP contribution is -2.08. The molecule has 0 aliphatic heterocycles. The molecular weight excluding hydrogens is 322 g/mol. The van der Waals surface area contributed by atoms with Gasteiger partial charge in [-0.3, -0.25) is 14.4 Å². The molecular formula is C15H12NO6S. The molecule has 0 spiro atoms. The van der Waals surface area contributed by atoms with Gasteiger partial charge in [0, 0.05) is 24.3 Å². The van der Waals surface area contributed by atoms with Crippen molar-refractivity contribution in [3.05, 3.63) is 28.6 Å². The number of carbonyl (C=O) groups excluding carboxylic acids is 2. The molecule has 1 heterocycles. The molecule has 8 heteroatoms. The Morgan fingerprint density at radius 2 is 1.91 bits per heavy atom. The largest absolute Gasteiger partial charge is 0.481 e. The van der Waals surface area contributed by atoms with Crippen molar-refractivity contribution in [2.45, 2.75) is 20.3 Å². The maximum Gasteiger partial charge on any atom is 0.308 e. The maximum absolute atomic E-state index is 11.4. The van der Waals surface area contributed by atoms with Gasteiger partial charge < -0.3 is 14.6 Å². The molecule has 1 radical (unpaired) electrons. The monoisotopic (exact) mass is 334 g/mol. The third-order valence-corrected chi connectivity index (χ3v) is 3.40. The number of para-hydroxylation sites is 1. The quantitative estimate of drug-likeness (QED) is 0.659. The van der Waals surface area contributed by atoms with Crippen LogP contribution in [0.5, 0.6) is 11.5 Å². The van der Waals surface area contributed by atoms with E-state index in [-0.39, 0.29) is 17.9 Å². The zero-order valence-corrected chi connectivity index (χ0v) is 13.1. The average Bonchev–Trinajstić information content (AvgIpc) is 2.86. The Morgan fingerprint density at radius 3 is 2.52 bits per heavy atom. The molecule has 1 N–H and O–H groups in total. The number of carboxylic acid groups (broad SMARTS) is 1. The van der Waals surface area contributed by atoms with E-state index in [2.05, 4.69) is 10.5 Å². The first-order valence-corrected chi connectivity index (χ1v) is 7.28. The summed E-state index contributed by atoms with van der Waals surface area (Å²) < 4.78 is 10.2. The van der Waals surface area contributed by atoms with Gasteiger partial charge in [0.05, 0.1) is 12.1 Å². The second-order valence-corrected chi connectivity index (χ2v) is 5.35. The van der Waals surface area contributed by atoms with Crippen molar-refractivity contribution < 1.29 is 29.0 Å². The van der Waals surface area contributed by atoms with Crippen LogP contribution >= 0.6 is 11.3 Å². The third-order valence-electron chi connectivity index (χ3n) is 2.64. The average molecular weight is 334 g/mol. The Balaban J connectivity index is 2.57. The summed E-state index contributed by atoms with van der Waals surface area (Å²) in [4.78, 5) is 38.0. The van der Waals surface area contributed by atoms with Crippen molar-refractivity contribution in [2.75, 3.05) is 0 Å². The van der Waals surface area contributed by atoms with E-state index >= 15 is 0 Å². The van der Waals surface area contributed by atoms with Crippen molar-refractivity contribution in [1.29, 1.82) is 0 Å². The van der Waals surface area contributed by atoms with E-state index in [0.29, 0.717) is 16.1 Å². The standard InChI is InChI=1S/C15H12NO6S/c1-8(17)21-11-5-3-4-10(15(11)22-9(2)18)14-12(6-13(19)20)23-7-16-14/h3-5H,6H2,1-2H3,(H,19,20). The molecule has 7 nitrogen and oxygen atoms in total. The number of carboxylic acids is 1. The van der Waals surface area contributed by atoms with Gasteiger partial charge in [0.15, 0.2) is 17.0 Å². The summed E-state index contributed by atoms with van der Waals surface area (Å²) in [5.41, 5.74) is 3.30. The van der Waals surface area contributed by atoms with E-state index in [9.17, 15) is 14.4 Å². The summed E-state index contributed by atoms with van der Waals surface area (Å²) in [6.07, 6.45) is -0.242. The van der Waals surface area contributed by atoms with Gasteiger partial charge in [0.2, 0.25) is 0 Å². The Hall–Kier alpha value is -2.74. The second-order valence-electron chi connectivity index (χ2n) is 4.47. The first-order chi connectivity index (χ1) is 10.9. The first-order valence-electron chi connectivity index (χ1n) is 6.46. The molecule has 1 aromatic carbocycles. The fourth-order valence-corrected chi connectivity index (χ4v) is 2.58. The highest BCUT2D eigenvalue weighted by Crippen LogP contribution is 2.40. The maximum atomic E-state index is 11.4. The van der Waals surface area contributed by atoms with E-state index in [1.54, 1.807) is 12.1 Å². The molecule has 0 amide bonds. The smallest absolute Gasteiger partial charge is 0.308 e. The number of aromatic nitrogens is 1. The lowest BCUT2D eigenvalue weighted by molar-refractivity contribution is -0.136. The van der Waals surface area contributed by atoms with E-state index in [0.717, 1.165) is 11.3 Å². The zero-order chi connectivity index (χ0) is 17.0. The number of esters is 2. The summed E-state index contributed by atoms with van der Waals surface area (Å²) in [6, 6.07) is 4.65. The molecule has 0 bridgehead atoms. The highest BCUT2D eigenvalue weighted by atomic mass is 32.1. The van der Waals surface area contributed by atoms with E-state index in [1.807, 2.05) is 0 Å². The summed E-state index contributed by atoms with van der Waals surface area (Å²) in [5, 5.41) is 8.96. The molecule has 23 heavy (non-hydrogen) atoms. The molecule has 0 saturated heterocycles. The fourth-order valence-electron chi connectivity index (χ4n) is 1.89. The third kappa shape index (κ3) is 4.13. The number of carbonyl (C=O) groups is 3. The number of benzene rings is 1. The number of aliphatic carboxylic acids is 1. The number of hydrogen-bond acceptors (Lipinski definition) is 7. The molecule has 2 aromatic rings. The molecule has 0 fully saturated rings. The van der Waals surface area contributed by atoms with Gasteiger partial charge in [-0.25, -0.2) is 4.98 Å². The number of rotatable bonds is 5. The Bertz CT molecular complexity index is 767. The van der Waals surface area contributed by atoms with Crippen LogP contribution in [0.15, 0.2) is 18.2 Å². The lowest BCUT2D eigenvalue weighted by atomic mass is 10.1. The number of thiazole rings is 1. The predicted octanol–water partition coefficient (Wildman–Crippen LogP) is 2.09. The summed E-state index contributed by atoms with van der Waals surface area (Å²) in [7, 11) is 0. The van der Waals surface area contributed by atoms with Crippen LogP contribution in [0.2, 0.25) is 0 Å². The zero-order valence-electron chi connectivity index (χ0n) is 12.3. The van der Waals surface area contributed by atoms with Crippen LogP contribution in [-0.4, -0.2) is 28.0 Å². The normalized spacial score (nSPS) is 10.2. The van der Waals surface area contributed by atoms with E-state index in [4.69, 9.17) is 14.6 Å². The van der Waals surface area contributed by atoms with Gasteiger partial charge in [-0.2, -0.15) is 0 Å². The molecule has 0 atom stereocenters. The van der Waals surface area contributed by atoms with Crippen LogP contribution in [0.4, 0.5) is 0 Å². The number of ether oxygens (including phenoxy) is 2. The first kappa shape index (κ1) is 16.6. The number of hydrogen-bond donors (Lipinski definition) is 1. The molecule has 119 valence electrons. The molecule has 0 unspecified atom stereocenters. The predicted molar refractivity (Wildman–Crippen MR) is 80.3 cm³/mol. The topological polar surface area (TPSA) is 103 Å². The van der Waals surface area contributed by atoms with Crippen LogP contribution in [0.25, 0.3) is 11.3 Å². The fraction of sp³-hybridized carbons (Fsp3) is 0.200. The van der Waals surface area contributed by atoms with Gasteiger partial charge >= 0.3 is 17.9 Å². The summed E-state index contributed by atoms with van der Waals surface area (Å²) >= 11 is 1.05. The van der Waals surface area contributed by atoms with Gasteiger partial charge in [0.25, 0.3) is 0 Å². The van der Waals surface area contributed by atoms with Gasteiger partial charge in [-0.1, -0.05) is 6.07 Å². The molecule has 0 aliphatic rings. The van der Waals surface area contributed by atoms with E-state index in [1.165, 1.54) is 19.9 Å². The van der Waals surface area contributed by atoms with Crippen LogP contribution in [0.1, 0.15) is 18.7 Å². The minimum absolute atomic E-state index is 0.0149. The van der Waals surface area contributed by atoms with Crippen LogP contribution in [0, 0.1) is 5.51 Å². The van der Waals surface area contributed by atoms with Gasteiger partial charge in [0.1, 0.15) is 0 Å². The van der Waals surface area contributed by atoms with Crippen molar-refractivity contribution in [3.63, 3.8) is 0 Å². The molecule has 1 aromatic heterocycles. The molecule has 2 rings (SSSR count). The Labute approximate surface area is 135 Å². The van der Waals surface area contributed by atoms with E-state index < -0.39 is 17.9 Å². The van der Waals surface area contributed by atoms with Crippen molar-refractivity contribution in [1.82, 2.24) is 4.98 Å². The van der Waals surface area contributed by atoms with Crippen molar-refractivity contribution >= 4 is 29.2 Å². The Kier molecular flexibility index (Phi) is 5.07. The molecule has 0 aliphatic carbocycles. The van der Waals surface area contributed by atoms with Crippen LogP contribution in [0.3, 0.4) is 0 Å². The molecule has 0 saturated carbocycles. The minimum Gasteiger partial charge on any atom is -0.481 e. The summed E-state index contributed by atoms with van der Waals surface area (Å²) in [5.74, 6) is -2.13. The van der Waals surface area contributed by atoms with Crippen molar-refractivity contribution in [2.24, 2.45) is 0 Å². The van der Waals surface area contributed by atoms with Gasteiger partial charge in [-0.05, 0) is 12.1 Å². The van der Waals surface area contributed by atoms with Crippen LogP contribution < -0.4 is 9.47 Å². The lowest BCUT2D eigenvalue weighted by Gasteiger charge is -2.12. The SMILES string of the molecule is CC(=O)Oc1cccc(-c2n[c]sc2CC(=O)O)c1OC(C)=O. The Morgan fingerprint density at radius 1 is 1.22 bits per heavy atom. The second kappa shape index (κ2) is 7.01. The highest BCUT2D eigenvalue weighted by molar-refractivity contribution is 7.09. The van der Waals surface area contributed by atoms with Gasteiger partial charge in [-0.15, -0.1) is 11.3 Å². The summed E-state index contributed by atoms with van der Waals surface area (Å²) in [6.45, 7) is 2.43. The highest BCUT2D eigenvalue weighted by Gasteiger charge is 2.21. The minimum atomic E-state index is -1.02. The number of nitrogens with zero attached hydrogens (tertiary/aromatic N) is 1.